The third-order valence-electron chi connectivity index (χ3n) is 5.38. The fraction of sp³-hybridized carbons (Fsp3) is 0.545. The number of aliphatic hydroxyl groups excluding tert-OH is 2. The topological polar surface area (TPSA) is 158 Å². The number of nitrogens with one attached hydrogen (secondary N) is 2. The van der Waals surface area contributed by atoms with Crippen molar-refractivity contribution in [1.29, 1.82) is 0 Å². The smallest absolute Gasteiger partial charge is 0.325 e. The van der Waals surface area contributed by atoms with E-state index < -0.39 is 47.2 Å². The van der Waals surface area contributed by atoms with Crippen LogP contribution >= 0.6 is 0 Å². The Labute approximate surface area is 196 Å². The molecule has 1 aromatic rings. The van der Waals surface area contributed by atoms with Crippen molar-refractivity contribution >= 4 is 23.9 Å². The van der Waals surface area contributed by atoms with Crippen LogP contribution in [0, 0.1) is 0 Å². The van der Waals surface area contributed by atoms with E-state index in [9.17, 15) is 29.4 Å². The molecule has 6 amide bonds. The van der Waals surface area contributed by atoms with Crippen molar-refractivity contribution in [2.45, 2.75) is 51.0 Å². The van der Waals surface area contributed by atoms with Gasteiger partial charge in [0.25, 0.3) is 11.8 Å². The highest BCUT2D eigenvalue weighted by molar-refractivity contribution is 6.07. The zero-order chi connectivity index (χ0) is 25.3. The minimum absolute atomic E-state index is 0.140. The molecule has 2 aliphatic rings. The van der Waals surface area contributed by atoms with Gasteiger partial charge >= 0.3 is 12.1 Å². The number of hydrogen-bond donors (Lipinski definition) is 4. The lowest BCUT2D eigenvalue weighted by Crippen LogP contribution is -2.42. The molecule has 2 atom stereocenters. The van der Waals surface area contributed by atoms with Gasteiger partial charge in [-0.1, -0.05) is 0 Å². The van der Waals surface area contributed by atoms with Gasteiger partial charge in [0.2, 0.25) is 0 Å². The van der Waals surface area contributed by atoms with Crippen molar-refractivity contribution in [3.05, 3.63) is 24.3 Å². The van der Waals surface area contributed by atoms with E-state index in [1.54, 1.807) is 52.0 Å². The number of ether oxygens (including phenoxy) is 2. The molecule has 0 aliphatic carbocycles. The van der Waals surface area contributed by atoms with Gasteiger partial charge in [-0.25, -0.2) is 9.59 Å². The van der Waals surface area contributed by atoms with Crippen molar-refractivity contribution in [1.82, 2.24) is 20.4 Å². The summed E-state index contributed by atoms with van der Waals surface area (Å²) in [7, 11) is 0. The van der Waals surface area contributed by atoms with Crippen LogP contribution in [0.25, 0.3) is 0 Å². The monoisotopic (exact) mass is 478 g/mol. The van der Waals surface area contributed by atoms with Crippen LogP contribution in [0.3, 0.4) is 0 Å². The standard InChI is InChI=1S/C22H30N4O8/c1-21(2)17(29)25(19(31)23-21)9-13(27)11-33-15-5-7-16(8-6-15)34-12-14(28)10-26-18(30)22(3,4)24-20(26)32/h5-8,13-14,27-28H,9-12H2,1-4H3,(H,23,31)(H,24,32)/t13-,14-/m1/s1. The normalized spacial score (nSPS) is 20.8. The van der Waals surface area contributed by atoms with Crippen LogP contribution in [-0.4, -0.2) is 93.5 Å². The average Bonchev–Trinajstić information content (AvgIpc) is 3.07. The van der Waals surface area contributed by atoms with Crippen LogP contribution in [0.1, 0.15) is 27.7 Å². The number of benzene rings is 1. The van der Waals surface area contributed by atoms with E-state index in [2.05, 4.69) is 10.6 Å². The van der Waals surface area contributed by atoms with Crippen LogP contribution in [0.15, 0.2) is 24.3 Å². The predicted molar refractivity (Wildman–Crippen MR) is 118 cm³/mol. The van der Waals surface area contributed by atoms with Crippen LogP contribution in [0.2, 0.25) is 0 Å². The third kappa shape index (κ3) is 5.57. The summed E-state index contributed by atoms with van der Waals surface area (Å²) in [5.74, 6) is 0.00874. The number of amides is 6. The SMILES string of the molecule is CC1(C)NC(=O)N(C[C@@H](O)COc2ccc(OC[C@H](O)CN3C(=O)NC(C)(C)C3=O)cc2)C1=O. The average molecular weight is 479 g/mol. The van der Waals surface area contributed by atoms with Gasteiger partial charge in [-0.15, -0.1) is 0 Å². The maximum atomic E-state index is 12.2. The number of urea groups is 2. The zero-order valence-electron chi connectivity index (χ0n) is 19.5. The molecule has 186 valence electrons. The van der Waals surface area contributed by atoms with Gasteiger partial charge in [0.05, 0.1) is 13.1 Å². The predicted octanol–water partition coefficient (Wildman–Crippen LogP) is -0.173. The molecule has 0 radical (unpaired) electrons. The number of imide groups is 2. The molecule has 0 aromatic heterocycles. The van der Waals surface area contributed by atoms with Crippen LogP contribution < -0.4 is 20.1 Å². The Morgan fingerprint density at radius 3 is 1.32 bits per heavy atom. The molecule has 4 N–H and O–H groups in total. The molecular formula is C22H30N4O8. The largest absolute Gasteiger partial charge is 0.491 e. The summed E-state index contributed by atoms with van der Waals surface area (Å²) >= 11 is 0. The van der Waals surface area contributed by atoms with Gasteiger partial charge in [0.1, 0.15) is 48.0 Å². The molecule has 2 fully saturated rings. The second-order valence-electron chi connectivity index (χ2n) is 9.34. The van der Waals surface area contributed by atoms with Gasteiger partial charge in [0, 0.05) is 0 Å². The summed E-state index contributed by atoms with van der Waals surface area (Å²) < 4.78 is 11.0. The Morgan fingerprint density at radius 1 is 0.735 bits per heavy atom. The Hall–Kier alpha value is -3.38. The lowest BCUT2D eigenvalue weighted by atomic mass is 10.1. The number of carbonyl (C=O) groups is 4. The van der Waals surface area contributed by atoms with Crippen molar-refractivity contribution in [3.63, 3.8) is 0 Å². The second kappa shape index (κ2) is 9.47. The fourth-order valence-corrected chi connectivity index (χ4v) is 3.51. The maximum Gasteiger partial charge on any atom is 0.325 e. The van der Waals surface area contributed by atoms with Crippen LogP contribution in [0.4, 0.5) is 9.59 Å². The van der Waals surface area contributed by atoms with Crippen LogP contribution in [0.5, 0.6) is 11.5 Å². The van der Waals surface area contributed by atoms with Crippen molar-refractivity contribution in [2.24, 2.45) is 0 Å². The molecule has 0 spiro atoms. The highest BCUT2D eigenvalue weighted by atomic mass is 16.5. The van der Waals surface area contributed by atoms with Gasteiger partial charge in [-0.2, -0.15) is 0 Å². The number of aliphatic hydroxyl groups is 2. The summed E-state index contributed by atoms with van der Waals surface area (Å²) in [6.45, 7) is 5.68. The van der Waals surface area contributed by atoms with Crippen molar-refractivity contribution in [3.8, 4) is 11.5 Å². The van der Waals surface area contributed by atoms with E-state index in [0.717, 1.165) is 9.80 Å². The van der Waals surface area contributed by atoms with Gasteiger partial charge < -0.3 is 30.3 Å². The van der Waals surface area contributed by atoms with Gasteiger partial charge in [0.15, 0.2) is 0 Å². The molecule has 34 heavy (non-hydrogen) atoms. The zero-order valence-corrected chi connectivity index (χ0v) is 19.5. The first-order chi connectivity index (χ1) is 15.8. The Balaban J connectivity index is 1.42. The quantitative estimate of drug-likeness (QED) is 0.338. The van der Waals surface area contributed by atoms with Crippen LogP contribution in [-0.2, 0) is 9.59 Å². The molecule has 2 aliphatic heterocycles. The van der Waals surface area contributed by atoms with E-state index >= 15 is 0 Å². The Kier molecular flexibility index (Phi) is 7.03. The summed E-state index contributed by atoms with van der Waals surface area (Å²) in [6, 6.07) is 5.24. The first kappa shape index (κ1) is 25.2. The molecule has 1 aromatic carbocycles. The highest BCUT2D eigenvalue weighted by Gasteiger charge is 2.45. The number of rotatable bonds is 10. The number of nitrogens with zero attached hydrogens (tertiary/aromatic N) is 2. The van der Waals surface area contributed by atoms with E-state index in [1.807, 2.05) is 0 Å². The Bertz CT molecular complexity index is 885. The molecule has 0 saturated carbocycles. The minimum atomic E-state index is -1.08. The first-order valence-electron chi connectivity index (χ1n) is 10.8. The lowest BCUT2D eigenvalue weighted by Gasteiger charge is -2.20. The molecule has 12 nitrogen and oxygen atoms in total. The molecular weight excluding hydrogens is 448 g/mol. The third-order valence-corrected chi connectivity index (χ3v) is 5.38. The molecule has 2 heterocycles. The Morgan fingerprint density at radius 2 is 1.06 bits per heavy atom. The minimum Gasteiger partial charge on any atom is -0.491 e. The summed E-state index contributed by atoms with van der Waals surface area (Å²) in [6.07, 6.45) is -2.16. The van der Waals surface area contributed by atoms with E-state index in [0.29, 0.717) is 11.5 Å². The molecule has 3 rings (SSSR count). The number of carbonyl (C=O) groups excluding carboxylic acids is 4. The molecule has 12 heteroatoms. The molecule has 0 bridgehead atoms. The van der Waals surface area contributed by atoms with E-state index in [4.69, 9.17) is 9.47 Å². The number of hydrogen-bond acceptors (Lipinski definition) is 8. The van der Waals surface area contributed by atoms with Gasteiger partial charge in [-0.3, -0.25) is 19.4 Å². The molecule has 0 unspecified atom stereocenters. The summed E-state index contributed by atoms with van der Waals surface area (Å²) in [5, 5.41) is 25.4. The van der Waals surface area contributed by atoms with Crippen molar-refractivity contribution < 1.29 is 38.9 Å². The van der Waals surface area contributed by atoms with E-state index in [-0.39, 0.29) is 26.3 Å². The maximum absolute atomic E-state index is 12.2. The summed E-state index contributed by atoms with van der Waals surface area (Å²) in [5.41, 5.74) is -2.01. The highest BCUT2D eigenvalue weighted by Crippen LogP contribution is 2.20. The fourth-order valence-electron chi connectivity index (χ4n) is 3.51. The number of β-amino-alcohol motifs (C(OH)–C–C–N with tert-alkyl or cyclic N) is 2. The second-order valence-corrected chi connectivity index (χ2v) is 9.34. The molecule has 2 saturated heterocycles. The van der Waals surface area contributed by atoms with Crippen molar-refractivity contribution in [2.75, 3.05) is 26.3 Å². The van der Waals surface area contributed by atoms with E-state index in [1.165, 1.54) is 0 Å². The summed E-state index contributed by atoms with van der Waals surface area (Å²) in [4.78, 5) is 50.0. The van der Waals surface area contributed by atoms with Gasteiger partial charge in [-0.05, 0) is 52.0 Å². The first-order valence-corrected chi connectivity index (χ1v) is 10.8. The lowest BCUT2D eigenvalue weighted by molar-refractivity contribution is -0.132.